The lowest BCUT2D eigenvalue weighted by molar-refractivity contribution is -0.496. The number of rotatable bonds is 2. The SMILES string of the molecule is CC1(C)O[C@@]2(O[Si](C)(C)C(C)(C)C)OC=C[C@@]12C. The maximum atomic E-state index is 6.42. The number of hydrogen-bond donors (Lipinski definition) is 0. The van der Waals surface area contributed by atoms with Gasteiger partial charge in [-0.2, -0.15) is 0 Å². The number of fused-ring (bicyclic) bond motifs is 1. The molecule has 2 atom stereocenters. The highest BCUT2D eigenvalue weighted by Crippen LogP contribution is 2.63. The molecule has 1 fully saturated rings. The third-order valence-corrected chi connectivity index (χ3v) is 9.49. The van der Waals surface area contributed by atoms with Gasteiger partial charge in [-0.05, 0) is 45.0 Å². The van der Waals surface area contributed by atoms with Crippen molar-refractivity contribution in [1.82, 2.24) is 0 Å². The van der Waals surface area contributed by atoms with Gasteiger partial charge in [-0.3, -0.25) is 0 Å². The zero-order valence-corrected chi connectivity index (χ0v) is 13.9. The van der Waals surface area contributed by atoms with Gasteiger partial charge in [0.1, 0.15) is 5.41 Å². The van der Waals surface area contributed by atoms with Crippen molar-refractivity contribution < 1.29 is 13.9 Å². The molecule has 0 spiro atoms. The van der Waals surface area contributed by atoms with Crippen molar-refractivity contribution in [3.05, 3.63) is 12.3 Å². The van der Waals surface area contributed by atoms with Crippen molar-refractivity contribution in [3.8, 4) is 0 Å². The average Bonchev–Trinajstić information content (AvgIpc) is 2.38. The van der Waals surface area contributed by atoms with Gasteiger partial charge in [-0.25, -0.2) is 0 Å². The van der Waals surface area contributed by atoms with E-state index < -0.39 is 14.3 Å². The second kappa shape index (κ2) is 3.41. The average molecular weight is 270 g/mol. The number of ether oxygens (including phenoxy) is 2. The maximum Gasteiger partial charge on any atom is 0.329 e. The van der Waals surface area contributed by atoms with Crippen LogP contribution < -0.4 is 0 Å². The molecule has 2 rings (SSSR count). The van der Waals surface area contributed by atoms with E-state index in [1.54, 1.807) is 6.26 Å². The highest BCUT2D eigenvalue weighted by molar-refractivity contribution is 6.74. The van der Waals surface area contributed by atoms with E-state index in [2.05, 4.69) is 60.7 Å². The summed E-state index contributed by atoms with van der Waals surface area (Å²) < 4.78 is 18.1. The predicted molar refractivity (Wildman–Crippen MR) is 74.5 cm³/mol. The highest BCUT2D eigenvalue weighted by atomic mass is 28.4. The number of hydrogen-bond acceptors (Lipinski definition) is 3. The summed E-state index contributed by atoms with van der Waals surface area (Å²) in [6.45, 7) is 17.4. The molecule has 0 aromatic heterocycles. The Hall–Kier alpha value is -0.323. The quantitative estimate of drug-likeness (QED) is 0.709. The van der Waals surface area contributed by atoms with E-state index in [0.717, 1.165) is 0 Å². The molecule has 0 N–H and O–H groups in total. The van der Waals surface area contributed by atoms with Crippen LogP contribution in [0.5, 0.6) is 0 Å². The van der Waals surface area contributed by atoms with Gasteiger partial charge in [0.05, 0.1) is 11.9 Å². The normalized spacial score (nSPS) is 38.0. The fraction of sp³-hybridized carbons (Fsp3) is 0.857. The molecular formula is C14H26O3Si. The molecule has 0 amide bonds. The van der Waals surface area contributed by atoms with Gasteiger partial charge in [0.15, 0.2) is 0 Å². The Morgan fingerprint density at radius 3 is 2.11 bits per heavy atom. The Morgan fingerprint density at radius 2 is 1.67 bits per heavy atom. The second-order valence-electron chi connectivity index (χ2n) is 7.65. The van der Waals surface area contributed by atoms with Gasteiger partial charge in [0.2, 0.25) is 8.32 Å². The van der Waals surface area contributed by atoms with Gasteiger partial charge >= 0.3 is 5.97 Å². The summed E-state index contributed by atoms with van der Waals surface area (Å²) in [5, 5.41) is 0.137. The molecule has 18 heavy (non-hydrogen) atoms. The lowest BCUT2D eigenvalue weighted by atomic mass is 9.68. The van der Waals surface area contributed by atoms with E-state index in [-0.39, 0.29) is 16.1 Å². The molecule has 0 unspecified atom stereocenters. The third-order valence-electron chi connectivity index (χ3n) is 5.10. The van der Waals surface area contributed by atoms with Gasteiger partial charge < -0.3 is 13.9 Å². The van der Waals surface area contributed by atoms with Crippen molar-refractivity contribution in [2.75, 3.05) is 0 Å². The van der Waals surface area contributed by atoms with Crippen molar-refractivity contribution >= 4 is 8.32 Å². The lowest BCUT2D eigenvalue weighted by Gasteiger charge is -2.62. The maximum absolute atomic E-state index is 6.42. The second-order valence-corrected chi connectivity index (χ2v) is 12.4. The first-order chi connectivity index (χ1) is 7.87. The van der Waals surface area contributed by atoms with Crippen LogP contribution in [0.4, 0.5) is 0 Å². The predicted octanol–water partition coefficient (Wildman–Crippen LogP) is 4.02. The molecule has 2 heterocycles. The van der Waals surface area contributed by atoms with Crippen molar-refractivity contribution in [2.45, 2.75) is 71.2 Å². The first-order valence-corrected chi connectivity index (χ1v) is 9.54. The monoisotopic (exact) mass is 270 g/mol. The van der Waals surface area contributed by atoms with Crippen LogP contribution in [0.2, 0.25) is 18.1 Å². The molecule has 0 aromatic carbocycles. The van der Waals surface area contributed by atoms with Crippen LogP contribution >= 0.6 is 0 Å². The highest BCUT2D eigenvalue weighted by Gasteiger charge is 2.75. The molecule has 0 aromatic rings. The van der Waals surface area contributed by atoms with Gasteiger partial charge in [-0.1, -0.05) is 20.8 Å². The van der Waals surface area contributed by atoms with Crippen LogP contribution in [-0.4, -0.2) is 19.9 Å². The van der Waals surface area contributed by atoms with Crippen LogP contribution in [0.15, 0.2) is 12.3 Å². The molecule has 0 aliphatic carbocycles. The lowest BCUT2D eigenvalue weighted by Crippen LogP contribution is -2.74. The van der Waals surface area contributed by atoms with Crippen molar-refractivity contribution in [3.63, 3.8) is 0 Å². The van der Waals surface area contributed by atoms with Crippen LogP contribution in [0, 0.1) is 5.41 Å². The molecule has 0 bridgehead atoms. The molecule has 2 aliphatic heterocycles. The van der Waals surface area contributed by atoms with E-state index >= 15 is 0 Å². The summed E-state index contributed by atoms with van der Waals surface area (Å²) in [5.41, 5.74) is -0.460. The minimum absolute atomic E-state index is 0.137. The minimum Gasteiger partial charge on any atom is -0.447 e. The summed E-state index contributed by atoms with van der Waals surface area (Å²) >= 11 is 0. The summed E-state index contributed by atoms with van der Waals surface area (Å²) in [6, 6.07) is 0. The Kier molecular flexibility index (Phi) is 2.67. The summed E-state index contributed by atoms with van der Waals surface area (Å²) in [7, 11) is -1.93. The van der Waals surface area contributed by atoms with Crippen LogP contribution in [-0.2, 0) is 13.9 Å². The first kappa shape index (κ1) is 14.1. The summed E-state index contributed by atoms with van der Waals surface area (Å²) in [6.07, 6.45) is 3.80. The molecular weight excluding hydrogens is 244 g/mol. The van der Waals surface area contributed by atoms with E-state index in [4.69, 9.17) is 13.9 Å². The Balaban J connectivity index is 2.27. The van der Waals surface area contributed by atoms with Gasteiger partial charge in [-0.15, -0.1) is 0 Å². The standard InChI is InChI=1S/C14H26O3Si/c1-11(2,3)18(7,8)17-14-13(6,9-10-15-14)12(4,5)16-14/h9-10H,1-8H3/t13-,14-/m0/s1. The molecule has 1 saturated heterocycles. The van der Waals surface area contributed by atoms with Crippen LogP contribution in [0.25, 0.3) is 0 Å². The zero-order chi connectivity index (χ0) is 14.0. The largest absolute Gasteiger partial charge is 0.447 e. The van der Waals surface area contributed by atoms with Crippen LogP contribution in [0.1, 0.15) is 41.5 Å². The van der Waals surface area contributed by atoms with Crippen LogP contribution in [0.3, 0.4) is 0 Å². The fourth-order valence-electron chi connectivity index (χ4n) is 2.22. The molecule has 2 aliphatic rings. The Morgan fingerprint density at radius 1 is 1.11 bits per heavy atom. The van der Waals surface area contributed by atoms with E-state index in [1.807, 2.05) is 0 Å². The Labute approximate surface area is 112 Å². The van der Waals surface area contributed by atoms with E-state index in [0.29, 0.717) is 0 Å². The molecule has 104 valence electrons. The zero-order valence-electron chi connectivity index (χ0n) is 12.9. The van der Waals surface area contributed by atoms with E-state index in [9.17, 15) is 0 Å². The minimum atomic E-state index is -1.93. The molecule has 4 heteroatoms. The topological polar surface area (TPSA) is 27.7 Å². The molecule has 3 nitrogen and oxygen atoms in total. The molecule has 0 saturated carbocycles. The smallest absolute Gasteiger partial charge is 0.329 e. The van der Waals surface area contributed by atoms with Gasteiger partial charge in [0, 0.05) is 0 Å². The Bertz CT molecular complexity index is 394. The molecule has 0 radical (unpaired) electrons. The van der Waals surface area contributed by atoms with Crippen molar-refractivity contribution in [1.29, 1.82) is 0 Å². The van der Waals surface area contributed by atoms with E-state index in [1.165, 1.54) is 0 Å². The summed E-state index contributed by atoms with van der Waals surface area (Å²) in [4.78, 5) is 0. The first-order valence-electron chi connectivity index (χ1n) is 6.63. The fourth-order valence-corrected chi connectivity index (χ4v) is 3.50. The van der Waals surface area contributed by atoms with Gasteiger partial charge in [0.25, 0.3) is 0 Å². The summed E-state index contributed by atoms with van der Waals surface area (Å²) in [5.74, 6) is -0.903. The van der Waals surface area contributed by atoms with Crippen molar-refractivity contribution in [2.24, 2.45) is 5.41 Å². The third kappa shape index (κ3) is 1.55.